The van der Waals surface area contributed by atoms with Crippen LogP contribution >= 0.6 is 11.6 Å². The van der Waals surface area contributed by atoms with E-state index in [2.05, 4.69) is 17.3 Å². The van der Waals surface area contributed by atoms with Crippen molar-refractivity contribution in [2.24, 2.45) is 0 Å². The zero-order valence-corrected chi connectivity index (χ0v) is 12.4. The Morgan fingerprint density at radius 2 is 2.30 bits per heavy atom. The van der Waals surface area contributed by atoms with Crippen LogP contribution in [0.5, 0.6) is 0 Å². The third kappa shape index (κ3) is 3.69. The first-order valence-electron chi connectivity index (χ1n) is 6.92. The van der Waals surface area contributed by atoms with Crippen molar-refractivity contribution in [1.29, 1.82) is 0 Å². The van der Waals surface area contributed by atoms with E-state index >= 15 is 0 Å². The minimum atomic E-state index is -0.379. The van der Waals surface area contributed by atoms with Crippen molar-refractivity contribution < 1.29 is 4.92 Å². The molecular formula is C14H20ClN3O2. The number of hydrogen-bond donors (Lipinski definition) is 1. The molecule has 1 aromatic carbocycles. The van der Waals surface area contributed by atoms with Gasteiger partial charge in [0.2, 0.25) is 0 Å². The Kier molecular flexibility index (Phi) is 5.34. The summed E-state index contributed by atoms with van der Waals surface area (Å²) in [5.74, 6) is 0. The van der Waals surface area contributed by atoms with Gasteiger partial charge in [-0.05, 0) is 32.5 Å². The van der Waals surface area contributed by atoms with Crippen molar-refractivity contribution in [1.82, 2.24) is 10.2 Å². The van der Waals surface area contributed by atoms with Crippen molar-refractivity contribution in [3.63, 3.8) is 0 Å². The summed E-state index contributed by atoms with van der Waals surface area (Å²) in [6.07, 6.45) is 3.68. The van der Waals surface area contributed by atoms with Crippen molar-refractivity contribution in [3.8, 4) is 0 Å². The predicted octanol–water partition coefficient (Wildman–Crippen LogP) is 2.82. The number of nitro benzene ring substituents is 1. The molecular weight excluding hydrogens is 278 g/mol. The van der Waals surface area contributed by atoms with Gasteiger partial charge in [-0.3, -0.25) is 10.1 Å². The van der Waals surface area contributed by atoms with Crippen LogP contribution in [-0.4, -0.2) is 36.0 Å². The van der Waals surface area contributed by atoms with Crippen LogP contribution in [0.15, 0.2) is 18.2 Å². The molecule has 1 aromatic rings. The van der Waals surface area contributed by atoms with Gasteiger partial charge in [-0.2, -0.15) is 0 Å². The van der Waals surface area contributed by atoms with Crippen LogP contribution in [0, 0.1) is 10.1 Å². The predicted molar refractivity (Wildman–Crippen MR) is 80.1 cm³/mol. The third-order valence-corrected chi connectivity index (χ3v) is 4.25. The molecule has 6 heteroatoms. The molecule has 1 atom stereocenters. The Morgan fingerprint density at radius 1 is 1.50 bits per heavy atom. The summed E-state index contributed by atoms with van der Waals surface area (Å²) in [6, 6.07) is 5.30. The van der Waals surface area contributed by atoms with Gasteiger partial charge in [-0.1, -0.05) is 24.1 Å². The van der Waals surface area contributed by atoms with Crippen molar-refractivity contribution in [2.45, 2.75) is 31.8 Å². The van der Waals surface area contributed by atoms with E-state index < -0.39 is 0 Å². The molecule has 0 aliphatic carbocycles. The first-order valence-corrected chi connectivity index (χ1v) is 7.30. The molecule has 1 N–H and O–H groups in total. The molecule has 1 aliphatic rings. The van der Waals surface area contributed by atoms with Crippen molar-refractivity contribution >= 4 is 17.3 Å². The Morgan fingerprint density at radius 3 is 3.00 bits per heavy atom. The smallest absolute Gasteiger partial charge is 0.275 e. The number of nitro groups is 1. The Hall–Kier alpha value is -1.17. The van der Waals surface area contributed by atoms with E-state index in [-0.39, 0.29) is 10.6 Å². The second-order valence-electron chi connectivity index (χ2n) is 5.26. The van der Waals surface area contributed by atoms with Gasteiger partial charge in [-0.25, -0.2) is 0 Å². The first-order chi connectivity index (χ1) is 9.59. The lowest BCUT2D eigenvalue weighted by molar-refractivity contribution is -0.385. The zero-order chi connectivity index (χ0) is 14.5. The van der Waals surface area contributed by atoms with Gasteiger partial charge in [0, 0.05) is 25.2 Å². The summed E-state index contributed by atoms with van der Waals surface area (Å²) in [7, 11) is 2.13. The quantitative estimate of drug-likeness (QED) is 0.671. The number of benzene rings is 1. The fourth-order valence-electron chi connectivity index (χ4n) is 2.66. The van der Waals surface area contributed by atoms with E-state index in [9.17, 15) is 10.1 Å². The van der Waals surface area contributed by atoms with Gasteiger partial charge < -0.3 is 10.2 Å². The normalized spacial score (nSPS) is 20.0. The van der Waals surface area contributed by atoms with Crippen LogP contribution in [0.2, 0.25) is 5.02 Å². The second kappa shape index (κ2) is 7.02. The number of piperidine rings is 1. The molecule has 5 nitrogen and oxygen atoms in total. The van der Waals surface area contributed by atoms with Crippen LogP contribution in [0.4, 0.5) is 5.69 Å². The lowest BCUT2D eigenvalue weighted by atomic mass is 10.0. The monoisotopic (exact) mass is 297 g/mol. The lowest BCUT2D eigenvalue weighted by Gasteiger charge is -2.32. The van der Waals surface area contributed by atoms with Gasteiger partial charge in [0.25, 0.3) is 5.69 Å². The van der Waals surface area contributed by atoms with Crippen LogP contribution in [-0.2, 0) is 6.54 Å². The number of likely N-dealkylation sites (tertiary alicyclic amines) is 1. The molecule has 110 valence electrons. The van der Waals surface area contributed by atoms with Crippen LogP contribution in [0.25, 0.3) is 0 Å². The minimum absolute atomic E-state index is 0.0852. The van der Waals surface area contributed by atoms with E-state index in [1.165, 1.54) is 25.3 Å². The summed E-state index contributed by atoms with van der Waals surface area (Å²) in [5.41, 5.74) is 0.652. The second-order valence-corrected chi connectivity index (χ2v) is 5.66. The van der Waals surface area contributed by atoms with Gasteiger partial charge in [0.05, 0.1) is 15.5 Å². The molecule has 0 bridgehead atoms. The number of halogens is 1. The van der Waals surface area contributed by atoms with Crippen molar-refractivity contribution in [3.05, 3.63) is 38.9 Å². The van der Waals surface area contributed by atoms with Crippen LogP contribution in [0.3, 0.4) is 0 Å². The molecule has 20 heavy (non-hydrogen) atoms. The number of rotatable bonds is 5. The molecule has 0 saturated carbocycles. The standard InChI is InChI=1S/C14H20ClN3O2/c1-17-8-3-2-5-11(17)9-16-10-12-13(15)6-4-7-14(12)18(19)20/h4,6-7,11,16H,2-3,5,8-10H2,1H3. The highest BCUT2D eigenvalue weighted by molar-refractivity contribution is 6.31. The molecule has 0 radical (unpaired) electrons. The van der Waals surface area contributed by atoms with E-state index in [1.807, 2.05) is 0 Å². The number of nitrogens with one attached hydrogen (secondary N) is 1. The Balaban J connectivity index is 1.95. The molecule has 1 unspecified atom stereocenters. The highest BCUT2D eigenvalue weighted by Gasteiger charge is 2.20. The van der Waals surface area contributed by atoms with Gasteiger partial charge in [-0.15, -0.1) is 0 Å². The summed E-state index contributed by atoms with van der Waals surface area (Å²) in [6.45, 7) is 2.39. The van der Waals surface area contributed by atoms with E-state index in [0.29, 0.717) is 23.2 Å². The molecule has 1 aliphatic heterocycles. The average Bonchev–Trinajstić information content (AvgIpc) is 2.42. The number of nitrogens with zero attached hydrogens (tertiary/aromatic N) is 2. The fourth-order valence-corrected chi connectivity index (χ4v) is 2.90. The molecule has 0 amide bonds. The summed E-state index contributed by atoms with van der Waals surface area (Å²) in [4.78, 5) is 13.0. The van der Waals surface area contributed by atoms with Gasteiger partial charge in [0.15, 0.2) is 0 Å². The SMILES string of the molecule is CN1CCCCC1CNCc1c(Cl)cccc1[N+](=O)[O-]. The maximum atomic E-state index is 11.0. The van der Waals surface area contributed by atoms with Gasteiger partial charge >= 0.3 is 0 Å². The molecule has 2 rings (SSSR count). The van der Waals surface area contributed by atoms with E-state index in [4.69, 9.17) is 11.6 Å². The maximum absolute atomic E-state index is 11.0. The number of hydrogen-bond acceptors (Lipinski definition) is 4. The Labute approximate surface area is 124 Å². The largest absolute Gasteiger partial charge is 0.311 e. The average molecular weight is 298 g/mol. The summed E-state index contributed by atoms with van der Waals surface area (Å²) >= 11 is 6.07. The zero-order valence-electron chi connectivity index (χ0n) is 11.6. The van der Waals surface area contributed by atoms with E-state index in [1.54, 1.807) is 12.1 Å². The summed E-state index contributed by atoms with van der Waals surface area (Å²) in [5, 5.41) is 14.8. The molecule has 0 spiro atoms. The molecule has 1 heterocycles. The van der Waals surface area contributed by atoms with Crippen LogP contribution < -0.4 is 5.32 Å². The minimum Gasteiger partial charge on any atom is -0.311 e. The van der Waals surface area contributed by atoms with Gasteiger partial charge in [0.1, 0.15) is 0 Å². The first kappa shape index (κ1) is 15.2. The topological polar surface area (TPSA) is 58.4 Å². The molecule has 0 aromatic heterocycles. The highest BCUT2D eigenvalue weighted by Crippen LogP contribution is 2.26. The fraction of sp³-hybridized carbons (Fsp3) is 0.571. The maximum Gasteiger partial charge on any atom is 0.275 e. The highest BCUT2D eigenvalue weighted by atomic mass is 35.5. The molecule has 1 saturated heterocycles. The lowest BCUT2D eigenvalue weighted by Crippen LogP contribution is -2.42. The van der Waals surface area contributed by atoms with Crippen LogP contribution in [0.1, 0.15) is 24.8 Å². The van der Waals surface area contributed by atoms with E-state index in [0.717, 1.165) is 13.1 Å². The summed E-state index contributed by atoms with van der Waals surface area (Å²) < 4.78 is 0. The third-order valence-electron chi connectivity index (χ3n) is 3.89. The number of likely N-dealkylation sites (N-methyl/N-ethyl adjacent to an activating group) is 1. The Bertz CT molecular complexity index is 481. The molecule has 1 fully saturated rings. The van der Waals surface area contributed by atoms with Crippen molar-refractivity contribution in [2.75, 3.05) is 20.1 Å².